The summed E-state index contributed by atoms with van der Waals surface area (Å²) < 4.78 is 16.0. The van der Waals surface area contributed by atoms with Crippen molar-refractivity contribution in [3.05, 3.63) is 29.8 Å². The van der Waals surface area contributed by atoms with Gasteiger partial charge >= 0.3 is 5.97 Å². The molecule has 1 aliphatic heterocycles. The Labute approximate surface area is 135 Å². The number of carbonyl (C=O) groups excluding carboxylic acids is 2. The van der Waals surface area contributed by atoms with Gasteiger partial charge in [-0.2, -0.15) is 0 Å². The molecule has 0 aliphatic carbocycles. The summed E-state index contributed by atoms with van der Waals surface area (Å²) in [5, 5.41) is 2.67. The van der Waals surface area contributed by atoms with E-state index < -0.39 is 12.1 Å². The second kappa shape index (κ2) is 8.22. The molecule has 0 fully saturated rings. The van der Waals surface area contributed by atoms with Crippen LogP contribution < -0.4 is 14.8 Å². The lowest BCUT2D eigenvalue weighted by Gasteiger charge is -2.18. The average Bonchev–Trinajstić information content (AvgIpc) is 2.57. The van der Waals surface area contributed by atoms with Crippen molar-refractivity contribution < 1.29 is 23.8 Å². The average molecular weight is 319 g/mol. The van der Waals surface area contributed by atoms with Crippen molar-refractivity contribution in [2.24, 2.45) is 0 Å². The molecule has 0 aromatic heterocycles. The van der Waals surface area contributed by atoms with Crippen molar-refractivity contribution in [1.29, 1.82) is 0 Å². The highest BCUT2D eigenvalue weighted by Gasteiger charge is 2.15. The Kier molecular flexibility index (Phi) is 6.02. The second-order valence-corrected chi connectivity index (χ2v) is 5.11. The lowest BCUT2D eigenvalue weighted by molar-refractivity contribution is -0.150. The van der Waals surface area contributed by atoms with E-state index in [0.717, 1.165) is 12.0 Å². The summed E-state index contributed by atoms with van der Waals surface area (Å²) in [7, 11) is 0. The molecule has 0 saturated heterocycles. The maximum atomic E-state index is 11.7. The first-order valence-corrected chi connectivity index (χ1v) is 7.66. The summed E-state index contributed by atoms with van der Waals surface area (Å²) in [5.74, 6) is 0.475. The number of carbonyl (C=O) groups is 2. The van der Waals surface area contributed by atoms with E-state index in [1.54, 1.807) is 25.1 Å². The van der Waals surface area contributed by atoms with Crippen LogP contribution in [0, 0.1) is 0 Å². The van der Waals surface area contributed by atoms with Crippen LogP contribution in [0.15, 0.2) is 24.3 Å². The van der Waals surface area contributed by atoms with Crippen molar-refractivity contribution >= 4 is 18.0 Å². The van der Waals surface area contributed by atoms with E-state index in [4.69, 9.17) is 14.2 Å². The van der Waals surface area contributed by atoms with Crippen LogP contribution in [0.1, 0.15) is 25.8 Å². The highest BCUT2D eigenvalue weighted by Crippen LogP contribution is 2.31. The number of nitrogens with one attached hydrogen (secondary N) is 1. The van der Waals surface area contributed by atoms with Crippen LogP contribution in [0.25, 0.3) is 6.08 Å². The van der Waals surface area contributed by atoms with Gasteiger partial charge in [-0.3, -0.25) is 4.79 Å². The molecule has 2 rings (SSSR count). The Morgan fingerprint density at radius 3 is 2.78 bits per heavy atom. The number of amides is 1. The molecule has 6 nitrogen and oxygen atoms in total. The molecule has 1 atom stereocenters. The van der Waals surface area contributed by atoms with Gasteiger partial charge in [-0.15, -0.1) is 0 Å². The first kappa shape index (κ1) is 16.9. The zero-order chi connectivity index (χ0) is 16.7. The van der Waals surface area contributed by atoms with Crippen LogP contribution >= 0.6 is 0 Å². The van der Waals surface area contributed by atoms with Gasteiger partial charge in [-0.05, 0) is 37.1 Å². The minimum Gasteiger partial charge on any atom is -0.486 e. The van der Waals surface area contributed by atoms with Crippen molar-refractivity contribution in [3.63, 3.8) is 0 Å². The maximum absolute atomic E-state index is 11.7. The highest BCUT2D eigenvalue weighted by molar-refractivity contribution is 5.90. The van der Waals surface area contributed by atoms with Gasteiger partial charge in [-0.25, -0.2) is 4.79 Å². The molecule has 0 bridgehead atoms. The summed E-state index contributed by atoms with van der Waals surface area (Å²) in [6, 6.07) is 5.39. The zero-order valence-corrected chi connectivity index (χ0v) is 13.3. The zero-order valence-electron chi connectivity index (χ0n) is 13.3. The number of hydrogen-bond acceptors (Lipinski definition) is 5. The fourth-order valence-electron chi connectivity index (χ4n) is 1.99. The van der Waals surface area contributed by atoms with Gasteiger partial charge in [-0.1, -0.05) is 13.0 Å². The van der Waals surface area contributed by atoms with Gasteiger partial charge in [0.05, 0.1) is 0 Å². The lowest BCUT2D eigenvalue weighted by atomic mass is 10.2. The normalized spacial score (nSPS) is 14.3. The van der Waals surface area contributed by atoms with E-state index in [2.05, 4.69) is 5.32 Å². The molecule has 23 heavy (non-hydrogen) atoms. The highest BCUT2D eigenvalue weighted by atomic mass is 16.6. The molecular weight excluding hydrogens is 298 g/mol. The van der Waals surface area contributed by atoms with Gasteiger partial charge in [0.25, 0.3) is 5.91 Å². The fraction of sp³-hybridized carbons (Fsp3) is 0.412. The summed E-state index contributed by atoms with van der Waals surface area (Å²) >= 11 is 0. The number of hydrogen-bond donors (Lipinski definition) is 1. The Hall–Kier alpha value is -2.50. The monoisotopic (exact) mass is 319 g/mol. The van der Waals surface area contributed by atoms with E-state index >= 15 is 0 Å². The minimum absolute atomic E-state index is 0.298. The summed E-state index contributed by atoms with van der Waals surface area (Å²) in [4.78, 5) is 23.4. The van der Waals surface area contributed by atoms with E-state index in [0.29, 0.717) is 31.3 Å². The van der Waals surface area contributed by atoms with Crippen molar-refractivity contribution in [2.45, 2.75) is 26.4 Å². The second-order valence-electron chi connectivity index (χ2n) is 5.11. The summed E-state index contributed by atoms with van der Waals surface area (Å²) in [6.07, 6.45) is 2.90. The molecule has 1 amide bonds. The van der Waals surface area contributed by atoms with Crippen LogP contribution in [-0.4, -0.2) is 37.7 Å². The van der Waals surface area contributed by atoms with Crippen molar-refractivity contribution in [3.8, 4) is 11.5 Å². The van der Waals surface area contributed by atoms with Crippen LogP contribution in [0.3, 0.4) is 0 Å². The molecule has 124 valence electrons. The van der Waals surface area contributed by atoms with Gasteiger partial charge in [0.15, 0.2) is 17.6 Å². The van der Waals surface area contributed by atoms with Crippen LogP contribution in [0.4, 0.5) is 0 Å². The summed E-state index contributed by atoms with van der Waals surface area (Å²) in [6.45, 7) is 5.10. The van der Waals surface area contributed by atoms with Crippen molar-refractivity contribution in [2.75, 3.05) is 19.8 Å². The molecule has 0 radical (unpaired) electrons. The third-order valence-electron chi connectivity index (χ3n) is 3.19. The fourth-order valence-corrected chi connectivity index (χ4v) is 1.99. The lowest BCUT2D eigenvalue weighted by Crippen LogP contribution is -2.35. The first-order chi connectivity index (χ1) is 11.1. The molecular formula is C17H21NO5. The Morgan fingerprint density at radius 2 is 2.04 bits per heavy atom. The van der Waals surface area contributed by atoms with E-state index in [1.165, 1.54) is 6.08 Å². The van der Waals surface area contributed by atoms with Gasteiger partial charge in [0.2, 0.25) is 0 Å². The number of fused-ring (bicyclic) bond motifs is 1. The van der Waals surface area contributed by atoms with Gasteiger partial charge in [0.1, 0.15) is 13.2 Å². The molecule has 6 heteroatoms. The minimum atomic E-state index is -0.820. The van der Waals surface area contributed by atoms with E-state index in [1.807, 2.05) is 13.0 Å². The van der Waals surface area contributed by atoms with E-state index in [-0.39, 0.29) is 5.91 Å². The van der Waals surface area contributed by atoms with Crippen LogP contribution in [-0.2, 0) is 14.3 Å². The maximum Gasteiger partial charge on any atom is 0.331 e. The standard InChI is InChI=1S/C17H21NO5/c1-3-8-18-17(20)12(2)23-16(19)7-5-13-4-6-14-15(11-13)22-10-9-21-14/h4-7,11-12H,3,8-10H2,1-2H3,(H,18,20)/b7-5+/t12-/m0/s1. The van der Waals surface area contributed by atoms with Crippen LogP contribution in [0.5, 0.6) is 11.5 Å². The number of ether oxygens (including phenoxy) is 3. The molecule has 0 spiro atoms. The Morgan fingerprint density at radius 1 is 1.30 bits per heavy atom. The topological polar surface area (TPSA) is 73.9 Å². The Bertz CT molecular complexity index is 597. The summed E-state index contributed by atoms with van der Waals surface area (Å²) in [5.41, 5.74) is 0.786. The molecule has 0 saturated carbocycles. The number of benzene rings is 1. The smallest absolute Gasteiger partial charge is 0.331 e. The predicted molar refractivity (Wildman–Crippen MR) is 85.3 cm³/mol. The van der Waals surface area contributed by atoms with Crippen molar-refractivity contribution in [1.82, 2.24) is 5.32 Å². The first-order valence-electron chi connectivity index (χ1n) is 7.66. The SMILES string of the molecule is CCCNC(=O)[C@H](C)OC(=O)/C=C/c1ccc2c(c1)OCCO2. The third-order valence-corrected chi connectivity index (χ3v) is 3.19. The quantitative estimate of drug-likeness (QED) is 0.640. The molecule has 1 aromatic carbocycles. The molecule has 1 heterocycles. The predicted octanol–water partition coefficient (Wildman–Crippen LogP) is 1.93. The number of rotatable bonds is 6. The largest absolute Gasteiger partial charge is 0.486 e. The van der Waals surface area contributed by atoms with Crippen LogP contribution in [0.2, 0.25) is 0 Å². The Balaban J connectivity index is 1.89. The third kappa shape index (κ3) is 5.02. The molecule has 1 N–H and O–H groups in total. The number of esters is 1. The van der Waals surface area contributed by atoms with Gasteiger partial charge < -0.3 is 19.5 Å². The molecule has 1 aliphatic rings. The van der Waals surface area contributed by atoms with Gasteiger partial charge in [0, 0.05) is 12.6 Å². The molecule has 1 aromatic rings. The molecule has 0 unspecified atom stereocenters. The van der Waals surface area contributed by atoms with E-state index in [9.17, 15) is 9.59 Å².